The van der Waals surface area contributed by atoms with Crippen molar-refractivity contribution in [1.82, 2.24) is 9.78 Å². The first-order valence-corrected chi connectivity index (χ1v) is 8.21. The van der Waals surface area contributed by atoms with E-state index in [0.29, 0.717) is 0 Å². The van der Waals surface area contributed by atoms with Crippen LogP contribution in [0.5, 0.6) is 0 Å². The Morgan fingerprint density at radius 2 is 1.56 bits per heavy atom. The number of carboxylic acid groups (broad SMARTS) is 1. The Hall–Kier alpha value is -3.08. The predicted octanol–water partition coefficient (Wildman–Crippen LogP) is 4.33. The zero-order chi connectivity index (χ0) is 18.4. The third-order valence-corrected chi connectivity index (χ3v) is 3.68. The molecule has 0 amide bonds. The van der Waals surface area contributed by atoms with Gasteiger partial charge in [0.05, 0.1) is 17.4 Å². The number of aromatic nitrogens is 2. The Kier molecular flexibility index (Phi) is 5.95. The molecule has 0 aliphatic heterocycles. The third-order valence-electron chi connectivity index (χ3n) is 3.68. The molecule has 130 valence electrons. The standard InChI is InChI=1S/C18H17N3O2.C2H6/c1-20(2)16-7-9-17(10-8-16)21-12-15(11-19-21)13-3-5-14(6-4-13)18(22)23;1-2/h3-12H,1-2H3,(H,22,23);1-2H3. The maximum atomic E-state index is 10.9. The van der Waals surface area contributed by atoms with Gasteiger partial charge in [-0.3, -0.25) is 0 Å². The summed E-state index contributed by atoms with van der Waals surface area (Å²) in [7, 11) is 4.00. The Morgan fingerprint density at radius 1 is 0.960 bits per heavy atom. The predicted molar refractivity (Wildman–Crippen MR) is 102 cm³/mol. The van der Waals surface area contributed by atoms with Crippen molar-refractivity contribution in [2.75, 3.05) is 19.0 Å². The van der Waals surface area contributed by atoms with Gasteiger partial charge in [-0.1, -0.05) is 26.0 Å². The van der Waals surface area contributed by atoms with E-state index in [-0.39, 0.29) is 5.56 Å². The summed E-state index contributed by atoms with van der Waals surface area (Å²) in [5, 5.41) is 13.3. The van der Waals surface area contributed by atoms with Gasteiger partial charge in [-0.15, -0.1) is 0 Å². The maximum absolute atomic E-state index is 10.9. The van der Waals surface area contributed by atoms with Crippen LogP contribution in [0, 0.1) is 0 Å². The van der Waals surface area contributed by atoms with Crippen molar-refractivity contribution in [3.05, 3.63) is 66.5 Å². The number of aromatic carboxylic acids is 1. The fourth-order valence-electron chi connectivity index (χ4n) is 2.32. The van der Waals surface area contributed by atoms with Gasteiger partial charge >= 0.3 is 5.97 Å². The number of anilines is 1. The van der Waals surface area contributed by atoms with E-state index in [2.05, 4.69) is 5.10 Å². The van der Waals surface area contributed by atoms with Crippen LogP contribution in [-0.4, -0.2) is 35.0 Å². The van der Waals surface area contributed by atoms with Gasteiger partial charge in [-0.25, -0.2) is 9.48 Å². The monoisotopic (exact) mass is 337 g/mol. The lowest BCUT2D eigenvalue weighted by atomic mass is 10.1. The molecule has 5 heteroatoms. The number of carboxylic acids is 1. The van der Waals surface area contributed by atoms with Gasteiger partial charge in [0, 0.05) is 31.5 Å². The van der Waals surface area contributed by atoms with Crippen molar-refractivity contribution >= 4 is 11.7 Å². The molecule has 1 heterocycles. The number of hydrogen-bond acceptors (Lipinski definition) is 3. The summed E-state index contributed by atoms with van der Waals surface area (Å²) in [6.07, 6.45) is 3.70. The molecule has 5 nitrogen and oxygen atoms in total. The minimum atomic E-state index is -0.923. The fourth-order valence-corrected chi connectivity index (χ4v) is 2.32. The third kappa shape index (κ3) is 4.26. The van der Waals surface area contributed by atoms with Crippen LogP contribution in [0.4, 0.5) is 5.69 Å². The fraction of sp³-hybridized carbons (Fsp3) is 0.200. The van der Waals surface area contributed by atoms with Gasteiger partial charge in [-0.2, -0.15) is 5.10 Å². The first-order valence-electron chi connectivity index (χ1n) is 8.21. The molecule has 3 aromatic rings. The van der Waals surface area contributed by atoms with Crippen LogP contribution in [0.1, 0.15) is 24.2 Å². The zero-order valence-electron chi connectivity index (χ0n) is 15.0. The molecular formula is C20H23N3O2. The molecule has 2 aromatic carbocycles. The Balaban J connectivity index is 0.00000109. The molecular weight excluding hydrogens is 314 g/mol. The van der Waals surface area contributed by atoms with Gasteiger partial charge < -0.3 is 10.0 Å². The van der Waals surface area contributed by atoms with Crippen molar-refractivity contribution in [3.63, 3.8) is 0 Å². The van der Waals surface area contributed by atoms with Crippen molar-refractivity contribution in [1.29, 1.82) is 0 Å². The molecule has 0 atom stereocenters. The van der Waals surface area contributed by atoms with Crippen molar-refractivity contribution in [3.8, 4) is 16.8 Å². The highest BCUT2D eigenvalue weighted by Crippen LogP contribution is 2.21. The molecule has 0 aliphatic rings. The van der Waals surface area contributed by atoms with Gasteiger partial charge in [0.25, 0.3) is 0 Å². The number of benzene rings is 2. The Bertz CT molecular complexity index is 819. The molecule has 0 saturated carbocycles. The summed E-state index contributed by atoms with van der Waals surface area (Å²) in [5.41, 5.74) is 4.26. The van der Waals surface area contributed by atoms with Crippen LogP contribution in [0.25, 0.3) is 16.8 Å². The summed E-state index contributed by atoms with van der Waals surface area (Å²) in [4.78, 5) is 12.9. The maximum Gasteiger partial charge on any atom is 0.335 e. The molecule has 3 rings (SSSR count). The van der Waals surface area contributed by atoms with E-state index in [1.807, 2.05) is 63.3 Å². The molecule has 0 aliphatic carbocycles. The second kappa shape index (κ2) is 8.15. The summed E-state index contributed by atoms with van der Waals surface area (Å²) >= 11 is 0. The molecule has 0 fully saturated rings. The summed E-state index contributed by atoms with van der Waals surface area (Å²) in [6, 6.07) is 14.9. The molecule has 0 unspecified atom stereocenters. The van der Waals surface area contributed by atoms with Crippen molar-refractivity contribution in [2.24, 2.45) is 0 Å². The SMILES string of the molecule is CC.CN(C)c1ccc(-n2cc(-c3ccc(C(=O)O)cc3)cn2)cc1. The number of hydrogen-bond donors (Lipinski definition) is 1. The molecule has 0 saturated heterocycles. The highest BCUT2D eigenvalue weighted by Gasteiger charge is 2.06. The van der Waals surface area contributed by atoms with Crippen LogP contribution < -0.4 is 4.90 Å². The molecule has 1 N–H and O–H groups in total. The summed E-state index contributed by atoms with van der Waals surface area (Å²) in [5.74, 6) is -0.923. The van der Waals surface area contributed by atoms with E-state index in [4.69, 9.17) is 5.11 Å². The first kappa shape index (κ1) is 18.3. The average Bonchev–Trinajstić information content (AvgIpc) is 3.13. The van der Waals surface area contributed by atoms with Gasteiger partial charge in [-0.05, 0) is 42.0 Å². The highest BCUT2D eigenvalue weighted by molar-refractivity contribution is 5.88. The Morgan fingerprint density at radius 3 is 2.08 bits per heavy atom. The minimum absolute atomic E-state index is 0.278. The normalized spacial score (nSPS) is 9.92. The molecule has 25 heavy (non-hydrogen) atoms. The van der Waals surface area contributed by atoms with E-state index in [0.717, 1.165) is 22.5 Å². The molecule has 1 aromatic heterocycles. The van der Waals surface area contributed by atoms with Crippen molar-refractivity contribution in [2.45, 2.75) is 13.8 Å². The molecule has 0 bridgehead atoms. The summed E-state index contributed by atoms with van der Waals surface area (Å²) < 4.78 is 1.81. The van der Waals surface area contributed by atoms with E-state index >= 15 is 0 Å². The van der Waals surface area contributed by atoms with Gasteiger partial charge in [0.1, 0.15) is 0 Å². The van der Waals surface area contributed by atoms with Crippen LogP contribution in [-0.2, 0) is 0 Å². The zero-order valence-corrected chi connectivity index (χ0v) is 15.0. The molecule has 0 radical (unpaired) electrons. The average molecular weight is 337 g/mol. The quantitative estimate of drug-likeness (QED) is 0.770. The minimum Gasteiger partial charge on any atom is -0.478 e. The topological polar surface area (TPSA) is 58.4 Å². The van der Waals surface area contributed by atoms with Crippen LogP contribution in [0.3, 0.4) is 0 Å². The molecule has 0 spiro atoms. The summed E-state index contributed by atoms with van der Waals surface area (Å²) in [6.45, 7) is 4.00. The van der Waals surface area contributed by atoms with Crippen LogP contribution >= 0.6 is 0 Å². The second-order valence-corrected chi connectivity index (χ2v) is 5.47. The second-order valence-electron chi connectivity index (χ2n) is 5.47. The number of nitrogens with zero attached hydrogens (tertiary/aromatic N) is 3. The first-order chi connectivity index (χ1) is 12.0. The smallest absolute Gasteiger partial charge is 0.335 e. The van der Waals surface area contributed by atoms with Crippen molar-refractivity contribution < 1.29 is 9.90 Å². The lowest BCUT2D eigenvalue weighted by Crippen LogP contribution is -2.08. The number of rotatable bonds is 4. The van der Waals surface area contributed by atoms with E-state index < -0.39 is 5.97 Å². The van der Waals surface area contributed by atoms with Gasteiger partial charge in [0.2, 0.25) is 0 Å². The van der Waals surface area contributed by atoms with E-state index in [1.165, 1.54) is 0 Å². The van der Waals surface area contributed by atoms with Gasteiger partial charge in [0.15, 0.2) is 0 Å². The lowest BCUT2D eigenvalue weighted by Gasteiger charge is -2.12. The largest absolute Gasteiger partial charge is 0.478 e. The van der Waals surface area contributed by atoms with E-state index in [1.54, 1.807) is 35.1 Å². The lowest BCUT2D eigenvalue weighted by molar-refractivity contribution is 0.0697. The van der Waals surface area contributed by atoms with Crippen LogP contribution in [0.2, 0.25) is 0 Å². The highest BCUT2D eigenvalue weighted by atomic mass is 16.4. The Labute approximate surface area is 148 Å². The number of carbonyl (C=O) groups is 1. The van der Waals surface area contributed by atoms with Crippen LogP contribution in [0.15, 0.2) is 60.9 Å². The van der Waals surface area contributed by atoms with E-state index in [9.17, 15) is 4.79 Å².